The molecule has 1 aromatic carbocycles. The van der Waals surface area contributed by atoms with Gasteiger partial charge in [0.15, 0.2) is 0 Å². The molecule has 2 rings (SSSR count). The Hall–Kier alpha value is -1.12. The Bertz CT molecular complexity index is 382. The van der Waals surface area contributed by atoms with E-state index in [1.807, 2.05) is 6.08 Å². The van der Waals surface area contributed by atoms with Crippen LogP contribution >= 0.6 is 0 Å². The molecule has 1 atom stereocenters. The fraction of sp³-hybridized carbons (Fsp3) is 0.529. The summed E-state index contributed by atoms with van der Waals surface area (Å²) in [5.41, 5.74) is 1.62. The molecule has 1 unspecified atom stereocenters. The maximum Gasteiger partial charge on any atom is 0.0475 e. The second-order valence-electron chi connectivity index (χ2n) is 5.27. The molecule has 19 heavy (non-hydrogen) atoms. The molecule has 0 amide bonds. The van der Waals surface area contributed by atoms with E-state index >= 15 is 0 Å². The minimum atomic E-state index is 0.184. The third-order valence-electron chi connectivity index (χ3n) is 4.25. The first-order valence-corrected chi connectivity index (χ1v) is 7.31. The number of likely N-dealkylation sites (N-methyl/N-ethyl adjacent to an activating group) is 1. The molecule has 2 heteroatoms. The molecule has 1 heterocycles. The predicted molar refractivity (Wildman–Crippen MR) is 80.5 cm³/mol. The van der Waals surface area contributed by atoms with Crippen LogP contribution in [0.15, 0.2) is 43.0 Å². The van der Waals surface area contributed by atoms with Gasteiger partial charge in [-0.05, 0) is 31.4 Å². The molecule has 104 valence electrons. The molecule has 0 spiro atoms. The van der Waals surface area contributed by atoms with Gasteiger partial charge in [-0.15, -0.1) is 6.58 Å². The quantitative estimate of drug-likeness (QED) is 0.792. The highest BCUT2D eigenvalue weighted by Gasteiger charge is 2.40. The highest BCUT2D eigenvalue weighted by molar-refractivity contribution is 5.29. The Morgan fingerprint density at radius 3 is 2.58 bits per heavy atom. The number of rotatable bonds is 6. The minimum absolute atomic E-state index is 0.184. The lowest BCUT2D eigenvalue weighted by atomic mass is 9.67. The van der Waals surface area contributed by atoms with E-state index in [1.54, 1.807) is 0 Å². The third-order valence-corrected chi connectivity index (χ3v) is 4.25. The zero-order chi connectivity index (χ0) is 13.6. The number of hydrogen-bond donors (Lipinski definition) is 1. The van der Waals surface area contributed by atoms with Gasteiger partial charge in [0.25, 0.3) is 0 Å². The lowest BCUT2D eigenvalue weighted by Gasteiger charge is -2.44. The summed E-state index contributed by atoms with van der Waals surface area (Å²) in [7, 11) is 0. The number of nitrogens with one attached hydrogen (secondary N) is 1. The van der Waals surface area contributed by atoms with Crippen molar-refractivity contribution in [1.29, 1.82) is 0 Å². The lowest BCUT2D eigenvalue weighted by Crippen LogP contribution is -2.51. The minimum Gasteiger partial charge on any atom is -0.381 e. The van der Waals surface area contributed by atoms with E-state index in [1.165, 1.54) is 5.56 Å². The molecule has 0 saturated carbocycles. The largest absolute Gasteiger partial charge is 0.381 e. The summed E-state index contributed by atoms with van der Waals surface area (Å²) in [6, 6.07) is 11.3. The van der Waals surface area contributed by atoms with Crippen LogP contribution in [0.1, 0.15) is 31.7 Å². The summed E-state index contributed by atoms with van der Waals surface area (Å²) < 4.78 is 5.60. The van der Waals surface area contributed by atoms with Gasteiger partial charge in [-0.3, -0.25) is 0 Å². The van der Waals surface area contributed by atoms with Crippen molar-refractivity contribution in [2.75, 3.05) is 19.8 Å². The summed E-state index contributed by atoms with van der Waals surface area (Å²) in [6.07, 6.45) is 5.21. The summed E-state index contributed by atoms with van der Waals surface area (Å²) in [5.74, 6) is 0. The van der Waals surface area contributed by atoms with Crippen molar-refractivity contribution in [3.8, 4) is 0 Å². The van der Waals surface area contributed by atoms with E-state index < -0.39 is 0 Å². The van der Waals surface area contributed by atoms with Crippen molar-refractivity contribution < 1.29 is 4.74 Å². The molecule has 0 aromatic heterocycles. The standard InChI is InChI=1S/C17H25NO/c1-3-8-16(18-4-2)17(11-13-19-14-12-17)15-9-6-5-7-10-15/h3,5-7,9-10,16,18H,1,4,8,11-14H2,2H3. The van der Waals surface area contributed by atoms with Crippen LogP contribution in [-0.2, 0) is 10.2 Å². The van der Waals surface area contributed by atoms with Gasteiger partial charge in [0, 0.05) is 24.7 Å². The van der Waals surface area contributed by atoms with E-state index in [-0.39, 0.29) is 5.41 Å². The number of ether oxygens (including phenoxy) is 1. The zero-order valence-corrected chi connectivity index (χ0v) is 11.9. The van der Waals surface area contributed by atoms with Crippen molar-refractivity contribution in [3.63, 3.8) is 0 Å². The van der Waals surface area contributed by atoms with Gasteiger partial charge in [0.05, 0.1) is 0 Å². The first-order valence-electron chi connectivity index (χ1n) is 7.31. The topological polar surface area (TPSA) is 21.3 Å². The smallest absolute Gasteiger partial charge is 0.0475 e. The molecule has 1 saturated heterocycles. The summed E-state index contributed by atoms with van der Waals surface area (Å²) in [6.45, 7) is 8.81. The Kier molecular flexibility index (Phi) is 5.17. The van der Waals surface area contributed by atoms with Gasteiger partial charge in [0.1, 0.15) is 0 Å². The van der Waals surface area contributed by atoms with Gasteiger partial charge in [-0.25, -0.2) is 0 Å². The average molecular weight is 259 g/mol. The van der Waals surface area contributed by atoms with Crippen LogP contribution in [0.2, 0.25) is 0 Å². The highest BCUT2D eigenvalue weighted by atomic mass is 16.5. The first kappa shape index (κ1) is 14.3. The van der Waals surface area contributed by atoms with Crippen molar-refractivity contribution in [1.82, 2.24) is 5.32 Å². The second-order valence-corrected chi connectivity index (χ2v) is 5.27. The number of hydrogen-bond acceptors (Lipinski definition) is 2. The number of benzene rings is 1. The van der Waals surface area contributed by atoms with Gasteiger partial charge >= 0.3 is 0 Å². The maximum atomic E-state index is 5.60. The summed E-state index contributed by atoms with van der Waals surface area (Å²) >= 11 is 0. The molecular weight excluding hydrogens is 234 g/mol. The van der Waals surface area contributed by atoms with E-state index in [9.17, 15) is 0 Å². The molecule has 1 aromatic rings. The van der Waals surface area contributed by atoms with Gasteiger partial charge < -0.3 is 10.1 Å². The monoisotopic (exact) mass is 259 g/mol. The summed E-state index contributed by atoms with van der Waals surface area (Å²) in [4.78, 5) is 0. The lowest BCUT2D eigenvalue weighted by molar-refractivity contribution is 0.0349. The fourth-order valence-corrected chi connectivity index (χ4v) is 3.26. The molecular formula is C17H25NO. The van der Waals surface area contributed by atoms with Crippen molar-refractivity contribution in [2.24, 2.45) is 0 Å². The first-order chi connectivity index (χ1) is 9.33. The van der Waals surface area contributed by atoms with Crippen LogP contribution in [0, 0.1) is 0 Å². The van der Waals surface area contributed by atoms with Crippen LogP contribution in [0.3, 0.4) is 0 Å². The van der Waals surface area contributed by atoms with Crippen LogP contribution in [0.25, 0.3) is 0 Å². The van der Waals surface area contributed by atoms with E-state index in [4.69, 9.17) is 4.74 Å². The molecule has 0 bridgehead atoms. The van der Waals surface area contributed by atoms with E-state index in [2.05, 4.69) is 49.2 Å². The molecule has 1 fully saturated rings. The van der Waals surface area contributed by atoms with Gasteiger partial charge in [0.2, 0.25) is 0 Å². The highest BCUT2D eigenvalue weighted by Crippen LogP contribution is 2.39. The van der Waals surface area contributed by atoms with Crippen LogP contribution in [0.5, 0.6) is 0 Å². The predicted octanol–water partition coefficient (Wildman–Crippen LogP) is 3.29. The fourth-order valence-electron chi connectivity index (χ4n) is 3.26. The van der Waals surface area contributed by atoms with Crippen LogP contribution in [-0.4, -0.2) is 25.8 Å². The normalized spacial score (nSPS) is 19.8. The van der Waals surface area contributed by atoms with Crippen LogP contribution in [0.4, 0.5) is 0 Å². The Balaban J connectivity index is 2.34. The van der Waals surface area contributed by atoms with Crippen LogP contribution < -0.4 is 5.32 Å². The SMILES string of the molecule is C=CCC(NCC)C1(c2ccccc2)CCOCC1. The van der Waals surface area contributed by atoms with Crippen molar-refractivity contribution >= 4 is 0 Å². The second kappa shape index (κ2) is 6.88. The maximum absolute atomic E-state index is 5.60. The third kappa shape index (κ3) is 3.07. The Morgan fingerprint density at radius 1 is 1.32 bits per heavy atom. The Labute approximate surface area is 116 Å². The van der Waals surface area contributed by atoms with E-state index in [0.717, 1.165) is 39.0 Å². The molecule has 1 aliphatic heterocycles. The average Bonchev–Trinajstić information content (AvgIpc) is 2.49. The molecule has 0 radical (unpaired) electrons. The molecule has 1 aliphatic rings. The zero-order valence-electron chi connectivity index (χ0n) is 11.9. The molecule has 0 aliphatic carbocycles. The van der Waals surface area contributed by atoms with E-state index in [0.29, 0.717) is 6.04 Å². The molecule has 2 nitrogen and oxygen atoms in total. The summed E-state index contributed by atoms with van der Waals surface area (Å²) in [5, 5.41) is 3.67. The Morgan fingerprint density at radius 2 is 2.00 bits per heavy atom. The van der Waals surface area contributed by atoms with Crippen molar-refractivity contribution in [3.05, 3.63) is 48.6 Å². The van der Waals surface area contributed by atoms with Gasteiger partial charge in [-0.2, -0.15) is 0 Å². The van der Waals surface area contributed by atoms with Gasteiger partial charge in [-0.1, -0.05) is 43.3 Å². The van der Waals surface area contributed by atoms with Crippen molar-refractivity contribution in [2.45, 2.75) is 37.6 Å². The molecule has 1 N–H and O–H groups in total.